The van der Waals surface area contributed by atoms with Crippen molar-refractivity contribution >= 4 is 43.2 Å². The zero-order valence-electron chi connectivity index (χ0n) is 14.8. The van der Waals surface area contributed by atoms with Crippen LogP contribution >= 0.6 is 15.9 Å². The molecule has 0 radical (unpaired) electrons. The molecular formula is C21H17BrN2O3S. The molecule has 5 nitrogen and oxygen atoms in total. The molecule has 0 aliphatic carbocycles. The highest BCUT2D eigenvalue weighted by Crippen LogP contribution is 2.33. The summed E-state index contributed by atoms with van der Waals surface area (Å²) in [6, 6.07) is 20.9. The fourth-order valence-corrected chi connectivity index (χ4v) is 5.17. The summed E-state index contributed by atoms with van der Waals surface area (Å²) in [7, 11) is -3.75. The Kier molecular flexibility index (Phi) is 4.95. The van der Waals surface area contributed by atoms with E-state index in [1.165, 1.54) is 16.4 Å². The highest BCUT2D eigenvalue weighted by molar-refractivity contribution is 9.10. The normalized spacial score (nSPS) is 13.2. The molecular weight excluding hydrogens is 440 g/mol. The third-order valence-corrected chi connectivity index (χ3v) is 7.15. The summed E-state index contributed by atoms with van der Waals surface area (Å²) in [6.07, 6.45) is 0.678. The van der Waals surface area contributed by atoms with Crippen LogP contribution in [-0.4, -0.2) is 20.9 Å². The maximum Gasteiger partial charge on any atom is 0.264 e. The number of sulfonamides is 1. The second-order valence-corrected chi connectivity index (χ2v) is 9.13. The highest BCUT2D eigenvalue weighted by atomic mass is 79.9. The van der Waals surface area contributed by atoms with Crippen LogP contribution < -0.4 is 9.62 Å². The average molecular weight is 457 g/mol. The SMILES string of the molecule is O=C(Nc1ccccc1Br)c1cccc(S(=O)(=O)N2CCc3ccccc32)c1. The van der Waals surface area contributed by atoms with Crippen molar-refractivity contribution in [3.05, 3.63) is 88.4 Å². The number of hydrogen-bond donors (Lipinski definition) is 1. The minimum atomic E-state index is -3.75. The molecule has 4 rings (SSSR count). The molecule has 3 aromatic carbocycles. The number of fused-ring (bicyclic) bond motifs is 1. The number of para-hydroxylation sites is 2. The maximum atomic E-state index is 13.2. The van der Waals surface area contributed by atoms with E-state index in [1.807, 2.05) is 42.5 Å². The lowest BCUT2D eigenvalue weighted by Gasteiger charge is -2.20. The molecule has 0 bridgehead atoms. The number of benzene rings is 3. The largest absolute Gasteiger partial charge is 0.321 e. The van der Waals surface area contributed by atoms with Gasteiger partial charge in [-0.15, -0.1) is 0 Å². The van der Waals surface area contributed by atoms with E-state index in [-0.39, 0.29) is 16.4 Å². The van der Waals surface area contributed by atoms with Crippen molar-refractivity contribution in [3.8, 4) is 0 Å². The number of amides is 1. The maximum absolute atomic E-state index is 13.2. The first-order chi connectivity index (χ1) is 13.5. The van der Waals surface area contributed by atoms with E-state index in [0.29, 0.717) is 24.3 Å². The Morgan fingerprint density at radius 3 is 2.54 bits per heavy atom. The Labute approximate surface area is 172 Å². The molecule has 0 aromatic heterocycles. The number of halogens is 1. The van der Waals surface area contributed by atoms with Crippen molar-refractivity contribution in [2.45, 2.75) is 11.3 Å². The van der Waals surface area contributed by atoms with Gasteiger partial charge in [-0.2, -0.15) is 0 Å². The van der Waals surface area contributed by atoms with Crippen LogP contribution in [0.2, 0.25) is 0 Å². The third kappa shape index (κ3) is 3.43. The number of carbonyl (C=O) groups is 1. The van der Waals surface area contributed by atoms with Gasteiger partial charge in [-0.05, 0) is 64.3 Å². The smallest absolute Gasteiger partial charge is 0.264 e. The number of anilines is 2. The summed E-state index contributed by atoms with van der Waals surface area (Å²) in [5, 5.41) is 2.80. The average Bonchev–Trinajstić information content (AvgIpc) is 3.15. The quantitative estimate of drug-likeness (QED) is 0.630. The van der Waals surface area contributed by atoms with Crippen molar-refractivity contribution in [3.63, 3.8) is 0 Å². The molecule has 0 unspecified atom stereocenters. The Morgan fingerprint density at radius 2 is 1.71 bits per heavy atom. The highest BCUT2D eigenvalue weighted by Gasteiger charge is 2.30. The van der Waals surface area contributed by atoms with Crippen LogP contribution in [0.1, 0.15) is 15.9 Å². The summed E-state index contributed by atoms with van der Waals surface area (Å²) in [6.45, 7) is 0.398. The Morgan fingerprint density at radius 1 is 0.964 bits per heavy atom. The molecule has 7 heteroatoms. The van der Waals surface area contributed by atoms with Crippen molar-refractivity contribution in [1.29, 1.82) is 0 Å². The van der Waals surface area contributed by atoms with Gasteiger partial charge in [0.05, 0.1) is 16.3 Å². The van der Waals surface area contributed by atoms with E-state index < -0.39 is 10.0 Å². The van der Waals surface area contributed by atoms with Crippen LogP contribution in [-0.2, 0) is 16.4 Å². The molecule has 142 valence electrons. The minimum Gasteiger partial charge on any atom is -0.321 e. The first-order valence-corrected chi connectivity index (χ1v) is 11.0. The molecule has 3 aromatic rings. The molecule has 0 atom stereocenters. The van der Waals surface area contributed by atoms with E-state index >= 15 is 0 Å². The van der Waals surface area contributed by atoms with Crippen LogP contribution in [0.3, 0.4) is 0 Å². The predicted molar refractivity (Wildman–Crippen MR) is 113 cm³/mol. The summed E-state index contributed by atoms with van der Waals surface area (Å²) < 4.78 is 28.5. The number of rotatable bonds is 4. The molecule has 28 heavy (non-hydrogen) atoms. The zero-order valence-corrected chi connectivity index (χ0v) is 17.2. The molecule has 0 spiro atoms. The summed E-state index contributed by atoms with van der Waals surface area (Å²) in [5.74, 6) is -0.370. The van der Waals surface area contributed by atoms with Gasteiger partial charge in [-0.25, -0.2) is 8.42 Å². The van der Waals surface area contributed by atoms with Gasteiger partial charge in [-0.1, -0.05) is 36.4 Å². The topological polar surface area (TPSA) is 66.5 Å². The van der Waals surface area contributed by atoms with E-state index in [4.69, 9.17) is 0 Å². The minimum absolute atomic E-state index is 0.101. The first kappa shape index (κ1) is 18.7. The third-order valence-electron chi connectivity index (χ3n) is 4.65. The van der Waals surface area contributed by atoms with Crippen molar-refractivity contribution in [2.24, 2.45) is 0 Å². The van der Waals surface area contributed by atoms with Gasteiger partial charge in [0.2, 0.25) is 0 Å². The lowest BCUT2D eigenvalue weighted by Crippen LogP contribution is -2.29. The summed E-state index contributed by atoms with van der Waals surface area (Å²) in [4.78, 5) is 12.7. The Hall–Kier alpha value is -2.64. The van der Waals surface area contributed by atoms with Crippen LogP contribution in [0.15, 0.2) is 82.2 Å². The van der Waals surface area contributed by atoms with Gasteiger partial charge in [0.15, 0.2) is 0 Å². The first-order valence-electron chi connectivity index (χ1n) is 8.73. The van der Waals surface area contributed by atoms with Crippen LogP contribution in [0.25, 0.3) is 0 Å². The predicted octanol–water partition coefficient (Wildman–Crippen LogP) is 4.45. The van der Waals surface area contributed by atoms with Gasteiger partial charge >= 0.3 is 0 Å². The number of nitrogens with one attached hydrogen (secondary N) is 1. The monoisotopic (exact) mass is 456 g/mol. The standard InChI is InChI=1S/C21H17BrN2O3S/c22-18-9-2-3-10-19(18)23-21(25)16-7-5-8-17(14-16)28(26,27)24-13-12-15-6-1-4-11-20(15)24/h1-11,14H,12-13H2,(H,23,25). The molecule has 1 amide bonds. The fourth-order valence-electron chi connectivity index (χ4n) is 3.24. The van der Waals surface area contributed by atoms with Crippen molar-refractivity contribution in [1.82, 2.24) is 0 Å². The van der Waals surface area contributed by atoms with Gasteiger partial charge in [-0.3, -0.25) is 9.10 Å². The Bertz CT molecular complexity index is 1160. The van der Waals surface area contributed by atoms with Gasteiger partial charge in [0.25, 0.3) is 15.9 Å². The van der Waals surface area contributed by atoms with E-state index in [0.717, 1.165) is 10.0 Å². The number of carbonyl (C=O) groups excluding carboxylic acids is 1. The van der Waals surface area contributed by atoms with Gasteiger partial charge < -0.3 is 5.32 Å². The summed E-state index contributed by atoms with van der Waals surface area (Å²) in [5.41, 5.74) is 2.61. The fraction of sp³-hybridized carbons (Fsp3) is 0.0952. The molecule has 1 heterocycles. The number of nitrogens with zero attached hydrogens (tertiary/aromatic N) is 1. The molecule has 0 saturated carbocycles. The Balaban J connectivity index is 1.64. The lowest BCUT2D eigenvalue weighted by atomic mass is 10.2. The molecule has 0 saturated heterocycles. The molecule has 1 N–H and O–H groups in total. The lowest BCUT2D eigenvalue weighted by molar-refractivity contribution is 0.102. The van der Waals surface area contributed by atoms with Crippen molar-refractivity contribution < 1.29 is 13.2 Å². The van der Waals surface area contributed by atoms with Gasteiger partial charge in [0.1, 0.15) is 0 Å². The van der Waals surface area contributed by atoms with E-state index in [1.54, 1.807) is 18.2 Å². The van der Waals surface area contributed by atoms with Crippen LogP contribution in [0, 0.1) is 0 Å². The second kappa shape index (κ2) is 7.41. The second-order valence-electron chi connectivity index (χ2n) is 6.42. The summed E-state index contributed by atoms with van der Waals surface area (Å²) >= 11 is 3.39. The zero-order chi connectivity index (χ0) is 19.7. The van der Waals surface area contributed by atoms with Crippen LogP contribution in [0.4, 0.5) is 11.4 Å². The molecule has 1 aliphatic heterocycles. The van der Waals surface area contributed by atoms with E-state index in [9.17, 15) is 13.2 Å². The number of hydrogen-bond acceptors (Lipinski definition) is 3. The van der Waals surface area contributed by atoms with E-state index in [2.05, 4.69) is 21.2 Å². The van der Waals surface area contributed by atoms with Crippen LogP contribution in [0.5, 0.6) is 0 Å². The van der Waals surface area contributed by atoms with Crippen molar-refractivity contribution in [2.75, 3.05) is 16.2 Å². The van der Waals surface area contributed by atoms with Gasteiger partial charge in [0, 0.05) is 16.6 Å². The molecule has 0 fully saturated rings. The molecule has 1 aliphatic rings.